The standard InChI is InChI=1S/C7H5F2IN2O/c8-7(9)6-5(10)4(11)1-3(2-13)12-6/h1-2,7H,(H2,11,12). The van der Waals surface area contributed by atoms with Crippen molar-refractivity contribution in [2.75, 3.05) is 5.73 Å². The molecule has 0 saturated carbocycles. The van der Waals surface area contributed by atoms with Crippen LogP contribution in [-0.2, 0) is 0 Å². The number of carbonyl (C=O) groups is 1. The monoisotopic (exact) mass is 298 g/mol. The van der Waals surface area contributed by atoms with Gasteiger partial charge in [-0.3, -0.25) is 4.79 Å². The van der Waals surface area contributed by atoms with Crippen molar-refractivity contribution in [3.05, 3.63) is 21.0 Å². The van der Waals surface area contributed by atoms with Gasteiger partial charge in [0.25, 0.3) is 6.43 Å². The number of halogens is 3. The maximum atomic E-state index is 12.3. The van der Waals surface area contributed by atoms with E-state index in [1.165, 1.54) is 6.07 Å². The Hall–Kier alpha value is -0.790. The SMILES string of the molecule is Nc1cc(C=O)nc(C(F)F)c1I. The first-order valence-corrected chi connectivity index (χ1v) is 4.33. The van der Waals surface area contributed by atoms with Crippen LogP contribution in [0, 0.1) is 3.57 Å². The van der Waals surface area contributed by atoms with Crippen LogP contribution in [0.2, 0.25) is 0 Å². The number of aldehydes is 1. The van der Waals surface area contributed by atoms with Gasteiger partial charge in [0.15, 0.2) is 6.29 Å². The topological polar surface area (TPSA) is 56.0 Å². The van der Waals surface area contributed by atoms with Crippen LogP contribution in [0.25, 0.3) is 0 Å². The minimum atomic E-state index is -2.71. The van der Waals surface area contributed by atoms with Gasteiger partial charge < -0.3 is 5.73 Å². The van der Waals surface area contributed by atoms with Crippen molar-refractivity contribution in [1.82, 2.24) is 4.98 Å². The fourth-order valence-electron chi connectivity index (χ4n) is 0.796. The molecule has 0 spiro atoms. The number of nitrogens with zero attached hydrogens (tertiary/aromatic N) is 1. The summed E-state index contributed by atoms with van der Waals surface area (Å²) in [4.78, 5) is 13.7. The number of pyridine rings is 1. The number of nitrogens with two attached hydrogens (primary N) is 1. The molecule has 0 amide bonds. The highest BCUT2D eigenvalue weighted by Crippen LogP contribution is 2.26. The maximum absolute atomic E-state index is 12.3. The van der Waals surface area contributed by atoms with E-state index in [0.29, 0.717) is 6.29 Å². The molecule has 0 radical (unpaired) electrons. The van der Waals surface area contributed by atoms with E-state index in [1.54, 1.807) is 22.6 Å². The van der Waals surface area contributed by atoms with Crippen LogP contribution in [0.3, 0.4) is 0 Å². The van der Waals surface area contributed by atoms with E-state index in [0.717, 1.165) is 0 Å². The Bertz CT molecular complexity index is 344. The molecule has 0 fully saturated rings. The molecule has 0 saturated heterocycles. The van der Waals surface area contributed by atoms with Crippen molar-refractivity contribution in [3.8, 4) is 0 Å². The minimum absolute atomic E-state index is 0.0757. The Morgan fingerprint density at radius 1 is 1.62 bits per heavy atom. The Labute approximate surface area is 86.5 Å². The second-order valence-corrected chi connectivity index (χ2v) is 3.33. The number of anilines is 1. The van der Waals surface area contributed by atoms with E-state index in [-0.39, 0.29) is 15.0 Å². The van der Waals surface area contributed by atoms with Gasteiger partial charge in [0.05, 0.1) is 3.57 Å². The molecular weight excluding hydrogens is 293 g/mol. The zero-order valence-electron chi connectivity index (χ0n) is 6.30. The number of rotatable bonds is 2. The smallest absolute Gasteiger partial charge is 0.281 e. The molecule has 1 aromatic rings. The van der Waals surface area contributed by atoms with E-state index in [9.17, 15) is 13.6 Å². The summed E-state index contributed by atoms with van der Waals surface area (Å²) < 4.78 is 24.8. The van der Waals surface area contributed by atoms with Crippen LogP contribution in [-0.4, -0.2) is 11.3 Å². The second-order valence-electron chi connectivity index (χ2n) is 2.25. The quantitative estimate of drug-likeness (QED) is 0.671. The lowest BCUT2D eigenvalue weighted by Gasteiger charge is -2.05. The molecule has 1 aromatic heterocycles. The Morgan fingerprint density at radius 3 is 2.69 bits per heavy atom. The summed E-state index contributed by atoms with van der Waals surface area (Å²) in [5.74, 6) is 0. The molecule has 3 nitrogen and oxygen atoms in total. The van der Waals surface area contributed by atoms with Gasteiger partial charge in [0.1, 0.15) is 11.4 Å². The molecule has 70 valence electrons. The van der Waals surface area contributed by atoms with Crippen LogP contribution in [0.5, 0.6) is 0 Å². The van der Waals surface area contributed by atoms with Gasteiger partial charge in [-0.1, -0.05) is 0 Å². The lowest BCUT2D eigenvalue weighted by molar-refractivity contribution is 0.111. The summed E-state index contributed by atoms with van der Waals surface area (Å²) in [7, 11) is 0. The lowest BCUT2D eigenvalue weighted by Crippen LogP contribution is -2.03. The van der Waals surface area contributed by atoms with Crippen LogP contribution in [0.1, 0.15) is 22.6 Å². The van der Waals surface area contributed by atoms with E-state index in [2.05, 4.69) is 4.98 Å². The van der Waals surface area contributed by atoms with Crippen LogP contribution in [0.15, 0.2) is 6.07 Å². The Morgan fingerprint density at radius 2 is 2.23 bits per heavy atom. The molecule has 0 bridgehead atoms. The first-order valence-electron chi connectivity index (χ1n) is 3.25. The minimum Gasteiger partial charge on any atom is -0.398 e. The van der Waals surface area contributed by atoms with Gasteiger partial charge >= 0.3 is 0 Å². The molecular formula is C7H5F2IN2O. The molecule has 0 aromatic carbocycles. The average Bonchev–Trinajstić information content (AvgIpc) is 2.09. The molecule has 13 heavy (non-hydrogen) atoms. The largest absolute Gasteiger partial charge is 0.398 e. The van der Waals surface area contributed by atoms with Crippen molar-refractivity contribution < 1.29 is 13.6 Å². The Kier molecular flexibility index (Phi) is 3.12. The summed E-state index contributed by atoms with van der Waals surface area (Å²) in [5.41, 5.74) is 5.02. The van der Waals surface area contributed by atoms with E-state index < -0.39 is 12.1 Å². The fraction of sp³-hybridized carbons (Fsp3) is 0.143. The van der Waals surface area contributed by atoms with E-state index in [4.69, 9.17) is 5.73 Å². The average molecular weight is 298 g/mol. The number of carbonyl (C=O) groups excluding carboxylic acids is 1. The van der Waals surface area contributed by atoms with Crippen molar-refractivity contribution in [3.63, 3.8) is 0 Å². The number of nitrogen functional groups attached to an aromatic ring is 1. The summed E-state index contributed by atoms with van der Waals surface area (Å²) in [6.07, 6.45) is -2.33. The van der Waals surface area contributed by atoms with Crippen molar-refractivity contribution in [2.24, 2.45) is 0 Å². The molecule has 0 atom stereocenters. The highest BCUT2D eigenvalue weighted by atomic mass is 127. The lowest BCUT2D eigenvalue weighted by atomic mass is 10.3. The number of hydrogen-bond donors (Lipinski definition) is 1. The maximum Gasteiger partial charge on any atom is 0.281 e. The molecule has 6 heteroatoms. The molecule has 1 heterocycles. The summed E-state index contributed by atoms with van der Waals surface area (Å²) in [5, 5.41) is 0. The van der Waals surface area contributed by atoms with Crippen LogP contribution >= 0.6 is 22.6 Å². The fourth-order valence-corrected chi connectivity index (χ4v) is 1.31. The van der Waals surface area contributed by atoms with Crippen LogP contribution in [0.4, 0.5) is 14.5 Å². The molecule has 0 unspecified atom stereocenters. The molecule has 2 N–H and O–H groups in total. The van der Waals surface area contributed by atoms with Crippen LogP contribution < -0.4 is 5.73 Å². The van der Waals surface area contributed by atoms with Gasteiger partial charge in [0.2, 0.25) is 0 Å². The Balaban J connectivity index is 3.32. The van der Waals surface area contributed by atoms with E-state index >= 15 is 0 Å². The summed E-state index contributed by atoms with van der Waals surface area (Å²) in [6.45, 7) is 0. The predicted octanol–water partition coefficient (Wildman–Crippen LogP) is 2.02. The number of aromatic nitrogens is 1. The third-order valence-corrected chi connectivity index (χ3v) is 2.53. The van der Waals surface area contributed by atoms with Gasteiger partial charge in [0, 0.05) is 5.69 Å². The third-order valence-electron chi connectivity index (χ3n) is 1.36. The molecule has 0 aliphatic carbocycles. The number of hydrogen-bond acceptors (Lipinski definition) is 3. The van der Waals surface area contributed by atoms with Gasteiger partial charge in [-0.05, 0) is 28.7 Å². The first kappa shape index (κ1) is 10.3. The second kappa shape index (κ2) is 3.95. The van der Waals surface area contributed by atoms with E-state index in [1.807, 2.05) is 0 Å². The molecule has 0 aliphatic heterocycles. The van der Waals surface area contributed by atoms with Gasteiger partial charge in [-0.2, -0.15) is 0 Å². The van der Waals surface area contributed by atoms with Crippen molar-refractivity contribution in [2.45, 2.75) is 6.43 Å². The highest BCUT2D eigenvalue weighted by molar-refractivity contribution is 14.1. The summed E-state index contributed by atoms with van der Waals surface area (Å²) >= 11 is 1.67. The van der Waals surface area contributed by atoms with Crippen molar-refractivity contribution in [1.29, 1.82) is 0 Å². The zero-order valence-corrected chi connectivity index (χ0v) is 8.46. The highest BCUT2D eigenvalue weighted by Gasteiger charge is 2.16. The normalized spacial score (nSPS) is 10.5. The summed E-state index contributed by atoms with van der Waals surface area (Å²) in [6, 6.07) is 1.26. The molecule has 0 aliphatic rings. The van der Waals surface area contributed by atoms with Crippen molar-refractivity contribution >= 4 is 34.6 Å². The van der Waals surface area contributed by atoms with Gasteiger partial charge in [-0.25, -0.2) is 13.8 Å². The molecule has 1 rings (SSSR count). The zero-order chi connectivity index (χ0) is 10.0. The first-order chi connectivity index (χ1) is 6.06. The predicted molar refractivity (Wildman–Crippen MR) is 51.7 cm³/mol. The van der Waals surface area contributed by atoms with Gasteiger partial charge in [-0.15, -0.1) is 0 Å². The number of alkyl halides is 2. The third kappa shape index (κ3) is 2.11.